The van der Waals surface area contributed by atoms with Gasteiger partial charge < -0.3 is 14.9 Å². The van der Waals surface area contributed by atoms with Gasteiger partial charge in [-0.25, -0.2) is 9.59 Å². The van der Waals surface area contributed by atoms with Crippen molar-refractivity contribution < 1.29 is 24.5 Å². The van der Waals surface area contributed by atoms with Crippen molar-refractivity contribution in [1.29, 1.82) is 5.26 Å². The number of hydrogen-bond donors (Lipinski definition) is 2. The number of carboxylic acids is 2. The molecule has 0 saturated carbocycles. The Kier molecular flexibility index (Phi) is 6.71. The van der Waals surface area contributed by atoms with E-state index in [1.807, 2.05) is 0 Å². The molecule has 31 heavy (non-hydrogen) atoms. The van der Waals surface area contributed by atoms with Crippen molar-refractivity contribution in [3.05, 3.63) is 99.6 Å². The van der Waals surface area contributed by atoms with E-state index >= 15 is 0 Å². The van der Waals surface area contributed by atoms with Crippen molar-refractivity contribution in [2.75, 3.05) is 0 Å². The van der Waals surface area contributed by atoms with Crippen LogP contribution in [0.4, 0.5) is 0 Å². The maximum Gasteiger partial charge on any atom is 0.335 e. The second kappa shape index (κ2) is 9.61. The highest BCUT2D eigenvalue weighted by molar-refractivity contribution is 6.32. The quantitative estimate of drug-likeness (QED) is 0.382. The predicted molar refractivity (Wildman–Crippen MR) is 116 cm³/mol. The number of allylic oxidation sites excluding steroid dienone is 1. The summed E-state index contributed by atoms with van der Waals surface area (Å²) in [5.41, 5.74) is 2.61. The summed E-state index contributed by atoms with van der Waals surface area (Å²) in [7, 11) is 0. The Labute approximate surface area is 183 Å². The Hall–Kier alpha value is -4.08. The van der Waals surface area contributed by atoms with Crippen molar-refractivity contribution in [3.63, 3.8) is 0 Å². The predicted octanol–water partition coefficient (Wildman–Crippen LogP) is 5.38. The lowest BCUT2D eigenvalue weighted by Crippen LogP contribution is -2.00. The molecular formula is C24H16ClNO5. The van der Waals surface area contributed by atoms with Crippen LogP contribution in [0, 0.1) is 11.3 Å². The standard InChI is InChI=1S/C24H16ClNO5/c25-21-12-15(10-20(13-26)17-5-7-18(8-6-17)23(27)28)4-9-22(21)31-14-16-2-1-3-19(11-16)24(29)30/h1-12H,14H2,(H,27,28)(H,29,30)/b20-10-. The second-order valence-electron chi connectivity index (χ2n) is 6.54. The van der Waals surface area contributed by atoms with Gasteiger partial charge in [0, 0.05) is 0 Å². The number of halogens is 1. The van der Waals surface area contributed by atoms with E-state index in [1.165, 1.54) is 24.3 Å². The average Bonchev–Trinajstić information content (AvgIpc) is 2.77. The zero-order chi connectivity index (χ0) is 22.4. The molecule has 0 bridgehead atoms. The third kappa shape index (κ3) is 5.50. The molecule has 0 aliphatic carbocycles. The zero-order valence-electron chi connectivity index (χ0n) is 16.1. The molecule has 3 aromatic rings. The third-order valence-electron chi connectivity index (χ3n) is 4.40. The van der Waals surface area contributed by atoms with Gasteiger partial charge in [0.15, 0.2) is 0 Å². The maximum atomic E-state index is 11.1. The zero-order valence-corrected chi connectivity index (χ0v) is 16.8. The van der Waals surface area contributed by atoms with E-state index in [0.29, 0.717) is 33.0 Å². The lowest BCUT2D eigenvalue weighted by Gasteiger charge is -2.09. The van der Waals surface area contributed by atoms with Gasteiger partial charge in [-0.3, -0.25) is 0 Å². The van der Waals surface area contributed by atoms with Crippen molar-refractivity contribution >= 4 is 35.2 Å². The molecule has 0 spiro atoms. The smallest absolute Gasteiger partial charge is 0.335 e. The summed E-state index contributed by atoms with van der Waals surface area (Å²) in [6.07, 6.45) is 1.64. The molecule has 0 aliphatic rings. The Morgan fingerprint density at radius 3 is 2.23 bits per heavy atom. The Bertz CT molecular complexity index is 1210. The summed E-state index contributed by atoms with van der Waals surface area (Å²) in [6, 6.07) is 19.6. The van der Waals surface area contributed by atoms with Crippen LogP contribution in [0.15, 0.2) is 66.7 Å². The minimum atomic E-state index is -1.04. The van der Waals surface area contributed by atoms with Gasteiger partial charge in [-0.1, -0.05) is 41.9 Å². The van der Waals surface area contributed by atoms with Gasteiger partial charge in [-0.15, -0.1) is 0 Å². The molecule has 6 nitrogen and oxygen atoms in total. The normalized spacial score (nSPS) is 10.9. The lowest BCUT2D eigenvalue weighted by atomic mass is 10.0. The van der Waals surface area contributed by atoms with E-state index in [9.17, 15) is 14.9 Å². The van der Waals surface area contributed by atoms with Crippen LogP contribution in [0.3, 0.4) is 0 Å². The number of rotatable bonds is 7. The van der Waals surface area contributed by atoms with Gasteiger partial charge in [0.05, 0.1) is 27.8 Å². The van der Waals surface area contributed by atoms with Gasteiger partial charge in [0.1, 0.15) is 12.4 Å². The van der Waals surface area contributed by atoms with Crippen molar-refractivity contribution in [1.82, 2.24) is 0 Å². The average molecular weight is 434 g/mol. The first kappa shape index (κ1) is 21.6. The van der Waals surface area contributed by atoms with E-state index in [-0.39, 0.29) is 17.7 Å². The van der Waals surface area contributed by atoms with Gasteiger partial charge in [-0.05, 0) is 59.2 Å². The van der Waals surface area contributed by atoms with Crippen LogP contribution in [0.25, 0.3) is 11.6 Å². The number of carboxylic acid groups (broad SMARTS) is 2. The molecule has 3 aromatic carbocycles. The highest BCUT2D eigenvalue weighted by atomic mass is 35.5. The SMILES string of the molecule is N#C/C(=C/c1ccc(OCc2cccc(C(=O)O)c2)c(Cl)c1)c1ccc(C(=O)O)cc1. The number of aromatic carboxylic acids is 2. The van der Waals surface area contributed by atoms with Gasteiger partial charge in [-0.2, -0.15) is 5.26 Å². The molecule has 0 unspecified atom stereocenters. The first-order valence-corrected chi connectivity index (χ1v) is 9.45. The summed E-state index contributed by atoms with van der Waals surface area (Å²) >= 11 is 6.31. The largest absolute Gasteiger partial charge is 0.487 e. The molecular weight excluding hydrogens is 418 g/mol. The lowest BCUT2D eigenvalue weighted by molar-refractivity contribution is 0.0686. The Morgan fingerprint density at radius 2 is 1.61 bits per heavy atom. The number of benzene rings is 3. The van der Waals surface area contributed by atoms with Crippen LogP contribution < -0.4 is 4.74 Å². The Balaban J connectivity index is 1.76. The third-order valence-corrected chi connectivity index (χ3v) is 4.69. The molecule has 0 aromatic heterocycles. The highest BCUT2D eigenvalue weighted by Crippen LogP contribution is 2.28. The topological polar surface area (TPSA) is 108 Å². The maximum absolute atomic E-state index is 11.1. The molecule has 2 N–H and O–H groups in total. The van der Waals surface area contributed by atoms with E-state index in [0.717, 1.165) is 0 Å². The van der Waals surface area contributed by atoms with Gasteiger partial charge in [0.25, 0.3) is 0 Å². The minimum Gasteiger partial charge on any atom is -0.487 e. The summed E-state index contributed by atoms with van der Waals surface area (Å²) in [5.74, 6) is -1.63. The Morgan fingerprint density at radius 1 is 0.935 bits per heavy atom. The second-order valence-corrected chi connectivity index (χ2v) is 6.94. The summed E-state index contributed by atoms with van der Waals surface area (Å²) < 4.78 is 5.70. The van der Waals surface area contributed by atoms with Crippen molar-refractivity contribution in [3.8, 4) is 11.8 Å². The molecule has 0 heterocycles. The number of hydrogen-bond acceptors (Lipinski definition) is 4. The highest BCUT2D eigenvalue weighted by Gasteiger charge is 2.08. The number of nitrogens with zero attached hydrogens (tertiary/aromatic N) is 1. The summed E-state index contributed by atoms with van der Waals surface area (Å²) in [6.45, 7) is 0.148. The van der Waals surface area contributed by atoms with Crippen molar-refractivity contribution in [2.45, 2.75) is 6.61 Å². The van der Waals surface area contributed by atoms with E-state index in [1.54, 1.807) is 48.5 Å². The molecule has 3 rings (SSSR count). The molecule has 7 heteroatoms. The summed E-state index contributed by atoms with van der Waals surface area (Å²) in [5, 5.41) is 27.9. The fourth-order valence-electron chi connectivity index (χ4n) is 2.82. The molecule has 154 valence electrons. The molecule has 0 aliphatic heterocycles. The van der Waals surface area contributed by atoms with E-state index in [4.69, 9.17) is 26.6 Å². The van der Waals surface area contributed by atoms with Gasteiger partial charge in [0.2, 0.25) is 0 Å². The summed E-state index contributed by atoms with van der Waals surface area (Å²) in [4.78, 5) is 22.0. The minimum absolute atomic E-state index is 0.138. The van der Waals surface area contributed by atoms with Crippen LogP contribution in [0.1, 0.15) is 37.4 Å². The van der Waals surface area contributed by atoms with Gasteiger partial charge >= 0.3 is 11.9 Å². The molecule has 0 atom stereocenters. The first-order valence-electron chi connectivity index (χ1n) is 9.07. The molecule has 0 fully saturated rings. The van der Waals surface area contributed by atoms with E-state index < -0.39 is 11.9 Å². The van der Waals surface area contributed by atoms with Crippen LogP contribution in [0.2, 0.25) is 5.02 Å². The fourth-order valence-corrected chi connectivity index (χ4v) is 3.06. The molecule has 0 radical (unpaired) electrons. The van der Waals surface area contributed by atoms with Crippen molar-refractivity contribution in [2.24, 2.45) is 0 Å². The molecule has 0 amide bonds. The molecule has 0 saturated heterocycles. The number of ether oxygens (including phenoxy) is 1. The monoisotopic (exact) mass is 433 g/mol. The van der Waals surface area contributed by atoms with Crippen LogP contribution >= 0.6 is 11.6 Å². The van der Waals surface area contributed by atoms with E-state index in [2.05, 4.69) is 6.07 Å². The number of carbonyl (C=O) groups is 2. The first-order chi connectivity index (χ1) is 14.9. The fraction of sp³-hybridized carbons (Fsp3) is 0.0417. The van der Waals surface area contributed by atoms with Crippen LogP contribution in [-0.4, -0.2) is 22.2 Å². The van der Waals surface area contributed by atoms with Crippen LogP contribution in [0.5, 0.6) is 5.75 Å². The van der Waals surface area contributed by atoms with Crippen LogP contribution in [-0.2, 0) is 6.61 Å². The number of nitriles is 1.